The first kappa shape index (κ1) is 20.7. The molecule has 0 saturated heterocycles. The van der Waals surface area contributed by atoms with Crippen molar-refractivity contribution in [2.45, 2.75) is 37.6 Å². The van der Waals surface area contributed by atoms with E-state index in [0.717, 1.165) is 5.56 Å². The van der Waals surface area contributed by atoms with Gasteiger partial charge in [0, 0.05) is 11.3 Å². The molecule has 3 rings (SSSR count). The number of carbonyl (C=O) groups excluding carboxylic acids is 1. The van der Waals surface area contributed by atoms with Crippen molar-refractivity contribution in [1.29, 1.82) is 0 Å². The van der Waals surface area contributed by atoms with Crippen LogP contribution in [0.25, 0.3) is 0 Å². The molecule has 0 radical (unpaired) electrons. The molecule has 0 spiro atoms. The van der Waals surface area contributed by atoms with Gasteiger partial charge in [0.2, 0.25) is 0 Å². The lowest BCUT2D eigenvalue weighted by atomic mass is 9.87. The number of hydrogen-bond donors (Lipinski definition) is 2. The fraction of sp³-hybridized carbons (Fsp3) is 0.227. The second-order valence-electron chi connectivity index (χ2n) is 7.72. The lowest BCUT2D eigenvalue weighted by Crippen LogP contribution is -2.22. The van der Waals surface area contributed by atoms with Crippen LogP contribution in [0.1, 0.15) is 42.5 Å². The number of sulfonamides is 1. The predicted molar refractivity (Wildman–Crippen MR) is 112 cm³/mol. The molecule has 0 aliphatic heterocycles. The fourth-order valence-corrected chi connectivity index (χ4v) is 3.78. The van der Waals surface area contributed by atoms with Crippen LogP contribution in [0.2, 0.25) is 0 Å². The van der Waals surface area contributed by atoms with Crippen LogP contribution in [0.15, 0.2) is 76.2 Å². The van der Waals surface area contributed by atoms with Crippen molar-refractivity contribution < 1.29 is 17.6 Å². The Morgan fingerprint density at radius 3 is 2.17 bits per heavy atom. The molecule has 0 bridgehead atoms. The first-order valence-corrected chi connectivity index (χ1v) is 10.7. The van der Waals surface area contributed by atoms with Crippen LogP contribution in [0.4, 0.5) is 5.69 Å². The fourth-order valence-electron chi connectivity index (χ4n) is 2.72. The molecule has 1 aromatic heterocycles. The van der Waals surface area contributed by atoms with Crippen molar-refractivity contribution in [3.8, 4) is 0 Å². The molecule has 0 fully saturated rings. The van der Waals surface area contributed by atoms with Gasteiger partial charge in [-0.2, -0.15) is 0 Å². The summed E-state index contributed by atoms with van der Waals surface area (Å²) in [6, 6.07) is 16.6. The summed E-state index contributed by atoms with van der Waals surface area (Å²) < 4.78 is 32.9. The second-order valence-corrected chi connectivity index (χ2v) is 9.40. The summed E-state index contributed by atoms with van der Waals surface area (Å²) in [6.45, 7) is 6.49. The maximum absolute atomic E-state index is 12.6. The van der Waals surface area contributed by atoms with E-state index < -0.39 is 10.0 Å². The molecule has 152 valence electrons. The highest BCUT2D eigenvalue weighted by Crippen LogP contribution is 2.24. The molecule has 0 aliphatic rings. The van der Waals surface area contributed by atoms with E-state index in [2.05, 4.69) is 30.8 Å². The van der Waals surface area contributed by atoms with Crippen molar-refractivity contribution in [1.82, 2.24) is 5.32 Å². The Kier molecular flexibility index (Phi) is 5.79. The van der Waals surface area contributed by atoms with E-state index in [1.54, 1.807) is 54.8 Å². The van der Waals surface area contributed by atoms with Crippen molar-refractivity contribution in [3.05, 3.63) is 83.8 Å². The number of hydrogen-bond acceptors (Lipinski definition) is 4. The predicted octanol–water partition coefficient (Wildman–Crippen LogP) is 4.31. The molecule has 0 atom stereocenters. The number of nitrogens with one attached hydrogen (secondary N) is 2. The highest BCUT2D eigenvalue weighted by Gasteiger charge is 2.18. The molecule has 0 unspecified atom stereocenters. The first-order valence-electron chi connectivity index (χ1n) is 9.19. The van der Waals surface area contributed by atoms with Crippen LogP contribution in [-0.4, -0.2) is 14.3 Å². The summed E-state index contributed by atoms with van der Waals surface area (Å²) in [7, 11) is -3.71. The minimum absolute atomic E-state index is 0.0525. The lowest BCUT2D eigenvalue weighted by molar-refractivity contribution is 0.0948. The van der Waals surface area contributed by atoms with Gasteiger partial charge in [0.1, 0.15) is 5.76 Å². The van der Waals surface area contributed by atoms with E-state index in [-0.39, 0.29) is 22.8 Å². The van der Waals surface area contributed by atoms with Crippen LogP contribution in [0.3, 0.4) is 0 Å². The zero-order valence-electron chi connectivity index (χ0n) is 16.6. The Labute approximate surface area is 171 Å². The number of amides is 1. The number of carbonyl (C=O) groups is 1. The van der Waals surface area contributed by atoms with E-state index in [1.807, 2.05) is 12.1 Å². The molecule has 3 aromatic rings. The molecule has 0 aliphatic carbocycles. The minimum Gasteiger partial charge on any atom is -0.467 e. The summed E-state index contributed by atoms with van der Waals surface area (Å²) >= 11 is 0. The van der Waals surface area contributed by atoms with Gasteiger partial charge in [0.25, 0.3) is 15.9 Å². The standard InChI is InChI=1S/C22H24N2O4S/c1-22(2,3)17-8-12-20(13-9-17)29(26,27)24-18-10-6-16(7-11-18)21(25)23-15-19-5-4-14-28-19/h4-14,24H,15H2,1-3H3,(H,23,25). The summed E-state index contributed by atoms with van der Waals surface area (Å²) in [5, 5.41) is 2.74. The van der Waals surface area contributed by atoms with Gasteiger partial charge < -0.3 is 9.73 Å². The van der Waals surface area contributed by atoms with Crippen LogP contribution < -0.4 is 10.0 Å². The Morgan fingerprint density at radius 1 is 0.966 bits per heavy atom. The van der Waals surface area contributed by atoms with Gasteiger partial charge in [-0.3, -0.25) is 9.52 Å². The summed E-state index contributed by atoms with van der Waals surface area (Å²) in [6.07, 6.45) is 1.54. The lowest BCUT2D eigenvalue weighted by Gasteiger charge is -2.19. The maximum Gasteiger partial charge on any atom is 0.261 e. The van der Waals surface area contributed by atoms with Crippen molar-refractivity contribution >= 4 is 21.6 Å². The van der Waals surface area contributed by atoms with Gasteiger partial charge in [-0.1, -0.05) is 32.9 Å². The van der Waals surface area contributed by atoms with Gasteiger partial charge in [-0.05, 0) is 59.5 Å². The van der Waals surface area contributed by atoms with Crippen LogP contribution >= 0.6 is 0 Å². The summed E-state index contributed by atoms with van der Waals surface area (Å²) in [5.41, 5.74) is 1.81. The number of benzene rings is 2. The van der Waals surface area contributed by atoms with Crippen molar-refractivity contribution in [2.75, 3.05) is 4.72 Å². The monoisotopic (exact) mass is 412 g/mol. The molecule has 1 amide bonds. The van der Waals surface area contributed by atoms with E-state index in [0.29, 0.717) is 17.0 Å². The third kappa shape index (κ3) is 5.26. The quantitative estimate of drug-likeness (QED) is 0.631. The largest absolute Gasteiger partial charge is 0.467 e. The smallest absolute Gasteiger partial charge is 0.261 e. The maximum atomic E-state index is 12.6. The molecular weight excluding hydrogens is 388 g/mol. The topological polar surface area (TPSA) is 88.4 Å². The Balaban J connectivity index is 1.66. The van der Waals surface area contributed by atoms with Crippen LogP contribution in [0, 0.1) is 0 Å². The normalized spacial score (nSPS) is 11.8. The Hall–Kier alpha value is -3.06. The highest BCUT2D eigenvalue weighted by atomic mass is 32.2. The molecule has 1 heterocycles. The van der Waals surface area contributed by atoms with E-state index in [9.17, 15) is 13.2 Å². The molecule has 0 saturated carbocycles. The number of furan rings is 1. The molecule has 2 N–H and O–H groups in total. The average molecular weight is 413 g/mol. The SMILES string of the molecule is CC(C)(C)c1ccc(S(=O)(=O)Nc2ccc(C(=O)NCc3ccco3)cc2)cc1. The van der Waals surface area contributed by atoms with E-state index >= 15 is 0 Å². The van der Waals surface area contributed by atoms with Gasteiger partial charge in [-0.25, -0.2) is 8.42 Å². The first-order chi connectivity index (χ1) is 13.6. The zero-order chi connectivity index (χ0) is 21.1. The number of rotatable bonds is 6. The van der Waals surface area contributed by atoms with Gasteiger partial charge in [0.15, 0.2) is 0 Å². The van der Waals surface area contributed by atoms with E-state index in [4.69, 9.17) is 4.42 Å². The van der Waals surface area contributed by atoms with Gasteiger partial charge in [-0.15, -0.1) is 0 Å². The summed E-state index contributed by atoms with van der Waals surface area (Å²) in [5.74, 6) is 0.383. The zero-order valence-corrected chi connectivity index (χ0v) is 17.4. The Bertz CT molecular complexity index is 1060. The third-order valence-electron chi connectivity index (χ3n) is 4.43. The molecular formula is C22H24N2O4S. The van der Waals surface area contributed by atoms with E-state index in [1.165, 1.54) is 0 Å². The van der Waals surface area contributed by atoms with Crippen molar-refractivity contribution in [2.24, 2.45) is 0 Å². The second kappa shape index (κ2) is 8.13. The Morgan fingerprint density at radius 2 is 1.62 bits per heavy atom. The molecule has 7 heteroatoms. The number of anilines is 1. The molecule has 2 aromatic carbocycles. The molecule has 29 heavy (non-hydrogen) atoms. The third-order valence-corrected chi connectivity index (χ3v) is 5.83. The van der Waals surface area contributed by atoms with Gasteiger partial charge in [0.05, 0.1) is 17.7 Å². The molecule has 6 nitrogen and oxygen atoms in total. The van der Waals surface area contributed by atoms with Gasteiger partial charge >= 0.3 is 0 Å². The van der Waals surface area contributed by atoms with Crippen LogP contribution in [-0.2, 0) is 22.0 Å². The average Bonchev–Trinajstić information content (AvgIpc) is 3.19. The van der Waals surface area contributed by atoms with Crippen LogP contribution in [0.5, 0.6) is 0 Å². The van der Waals surface area contributed by atoms with Crippen molar-refractivity contribution in [3.63, 3.8) is 0 Å². The highest BCUT2D eigenvalue weighted by molar-refractivity contribution is 7.92. The summed E-state index contributed by atoms with van der Waals surface area (Å²) in [4.78, 5) is 12.4. The minimum atomic E-state index is -3.71.